The third-order valence-electron chi connectivity index (χ3n) is 5.02. The summed E-state index contributed by atoms with van der Waals surface area (Å²) in [4.78, 5) is 16.9. The first kappa shape index (κ1) is 24.5. The van der Waals surface area contributed by atoms with Gasteiger partial charge in [-0.3, -0.25) is 4.79 Å². The van der Waals surface area contributed by atoms with Crippen LogP contribution in [0, 0.1) is 11.3 Å². The van der Waals surface area contributed by atoms with E-state index in [0.717, 1.165) is 11.1 Å². The van der Waals surface area contributed by atoms with Crippen LogP contribution >= 0.6 is 34.5 Å². The van der Waals surface area contributed by atoms with Crippen molar-refractivity contribution < 1.29 is 14.3 Å². The van der Waals surface area contributed by atoms with E-state index in [0.29, 0.717) is 43.4 Å². The Balaban J connectivity index is 1.53. The fourth-order valence-electron chi connectivity index (χ4n) is 3.24. The Bertz CT molecular complexity index is 1440. The van der Waals surface area contributed by atoms with Gasteiger partial charge in [0.1, 0.15) is 11.1 Å². The highest BCUT2D eigenvalue weighted by molar-refractivity contribution is 7.11. The summed E-state index contributed by atoms with van der Waals surface area (Å²) < 4.78 is 11.1. The van der Waals surface area contributed by atoms with Gasteiger partial charge < -0.3 is 9.47 Å². The molecule has 174 valence electrons. The number of Topliss-reactive ketones (excluding diaryl/α,β-unsaturated/α-hetero) is 1. The molecule has 0 N–H and O–H groups in total. The SMILES string of the molecule is COc1cc(/C=C(/C#N)c2nc(-c3ccc(Cl)c(Cl)c3)cs2)ccc1OCC(=O)c1ccccc1. The lowest BCUT2D eigenvalue weighted by Gasteiger charge is -2.11. The first-order valence-corrected chi connectivity index (χ1v) is 12.0. The first-order chi connectivity index (χ1) is 17.0. The molecule has 0 bridgehead atoms. The van der Waals surface area contributed by atoms with Crippen molar-refractivity contribution in [1.29, 1.82) is 5.26 Å². The van der Waals surface area contributed by atoms with E-state index in [9.17, 15) is 10.1 Å². The van der Waals surface area contributed by atoms with Crippen LogP contribution in [0.3, 0.4) is 0 Å². The number of halogens is 2. The Morgan fingerprint density at radius 3 is 2.57 bits per heavy atom. The Morgan fingerprint density at radius 2 is 1.86 bits per heavy atom. The number of nitriles is 1. The van der Waals surface area contributed by atoms with E-state index < -0.39 is 0 Å². The number of ether oxygens (including phenoxy) is 2. The fourth-order valence-corrected chi connectivity index (χ4v) is 4.33. The van der Waals surface area contributed by atoms with Crippen LogP contribution in [0.1, 0.15) is 20.9 Å². The van der Waals surface area contributed by atoms with Crippen molar-refractivity contribution in [3.8, 4) is 28.8 Å². The van der Waals surface area contributed by atoms with Crippen molar-refractivity contribution in [1.82, 2.24) is 4.98 Å². The minimum atomic E-state index is -0.134. The van der Waals surface area contributed by atoms with Gasteiger partial charge in [0.05, 0.1) is 28.4 Å². The molecule has 0 aliphatic rings. The second-order valence-corrected chi connectivity index (χ2v) is 9.00. The second kappa shape index (κ2) is 11.2. The zero-order valence-electron chi connectivity index (χ0n) is 18.5. The zero-order valence-corrected chi connectivity index (χ0v) is 20.8. The Hall–Kier alpha value is -3.63. The standard InChI is InChI=1S/C27H18Cl2N2O3S/c1-33-26-12-17(7-10-25(26)34-15-24(32)18-5-3-2-4-6-18)11-20(14-30)27-31-23(16-35-27)19-8-9-21(28)22(29)13-19/h2-13,16H,15H2,1H3/b20-11-. The molecule has 0 saturated carbocycles. The molecule has 0 fully saturated rings. The van der Waals surface area contributed by atoms with Crippen LogP contribution < -0.4 is 9.47 Å². The molecule has 1 heterocycles. The van der Waals surface area contributed by atoms with Gasteiger partial charge in [-0.05, 0) is 35.9 Å². The average Bonchev–Trinajstić information content (AvgIpc) is 3.38. The summed E-state index contributed by atoms with van der Waals surface area (Å²) in [5.74, 6) is 0.751. The summed E-state index contributed by atoms with van der Waals surface area (Å²) in [5.41, 5.74) is 3.22. The predicted octanol–water partition coefficient (Wildman–Crippen LogP) is 7.45. The number of methoxy groups -OCH3 is 1. The largest absolute Gasteiger partial charge is 0.493 e. The van der Waals surface area contributed by atoms with E-state index in [1.807, 2.05) is 17.5 Å². The number of rotatable bonds is 8. The summed E-state index contributed by atoms with van der Waals surface area (Å²) in [5, 5.41) is 13.1. The van der Waals surface area contributed by atoms with E-state index in [-0.39, 0.29) is 12.4 Å². The van der Waals surface area contributed by atoms with Crippen LogP contribution in [0.2, 0.25) is 10.0 Å². The number of carbonyl (C=O) groups is 1. The number of aromatic nitrogens is 1. The minimum Gasteiger partial charge on any atom is -0.493 e. The molecular weight excluding hydrogens is 503 g/mol. The number of benzene rings is 3. The molecular formula is C27H18Cl2N2O3S. The number of hydrogen-bond donors (Lipinski definition) is 0. The normalized spacial score (nSPS) is 11.1. The van der Waals surface area contributed by atoms with E-state index in [1.165, 1.54) is 18.4 Å². The minimum absolute atomic E-state index is 0.115. The molecule has 0 aliphatic heterocycles. The lowest BCUT2D eigenvalue weighted by atomic mass is 10.1. The summed E-state index contributed by atoms with van der Waals surface area (Å²) >= 11 is 13.5. The molecule has 0 spiro atoms. The number of carbonyl (C=O) groups excluding carboxylic acids is 1. The van der Waals surface area contributed by atoms with Gasteiger partial charge in [-0.2, -0.15) is 5.26 Å². The van der Waals surface area contributed by atoms with Gasteiger partial charge in [0.2, 0.25) is 0 Å². The third-order valence-corrected chi connectivity index (χ3v) is 6.64. The van der Waals surface area contributed by atoms with Crippen LogP contribution in [0.25, 0.3) is 22.9 Å². The molecule has 3 aromatic carbocycles. The van der Waals surface area contributed by atoms with Crippen molar-refractivity contribution in [3.63, 3.8) is 0 Å². The zero-order chi connectivity index (χ0) is 24.8. The highest BCUT2D eigenvalue weighted by Crippen LogP contribution is 2.33. The lowest BCUT2D eigenvalue weighted by Crippen LogP contribution is -2.11. The van der Waals surface area contributed by atoms with Gasteiger partial charge in [-0.15, -0.1) is 11.3 Å². The number of ketones is 1. The molecule has 0 saturated heterocycles. The maximum absolute atomic E-state index is 12.3. The first-order valence-electron chi connectivity index (χ1n) is 10.4. The van der Waals surface area contributed by atoms with Crippen molar-refractivity contribution >= 4 is 52.0 Å². The summed E-state index contributed by atoms with van der Waals surface area (Å²) in [6.07, 6.45) is 1.72. The molecule has 0 unspecified atom stereocenters. The van der Waals surface area contributed by atoms with Gasteiger partial charge in [0.15, 0.2) is 23.9 Å². The van der Waals surface area contributed by atoms with Gasteiger partial charge >= 0.3 is 0 Å². The number of thiazole rings is 1. The van der Waals surface area contributed by atoms with Crippen molar-refractivity contribution in [2.24, 2.45) is 0 Å². The lowest BCUT2D eigenvalue weighted by molar-refractivity contribution is 0.0919. The van der Waals surface area contributed by atoms with Crippen LogP contribution in [0.4, 0.5) is 0 Å². The fraction of sp³-hybridized carbons (Fsp3) is 0.0741. The van der Waals surface area contributed by atoms with Crippen LogP contribution in [-0.2, 0) is 0 Å². The maximum Gasteiger partial charge on any atom is 0.200 e. The highest BCUT2D eigenvalue weighted by Gasteiger charge is 2.13. The van der Waals surface area contributed by atoms with Crippen molar-refractivity contribution in [2.45, 2.75) is 0 Å². The smallest absolute Gasteiger partial charge is 0.200 e. The molecule has 0 atom stereocenters. The van der Waals surface area contributed by atoms with E-state index in [1.54, 1.807) is 60.7 Å². The van der Waals surface area contributed by atoms with Crippen LogP contribution in [0.5, 0.6) is 11.5 Å². The van der Waals surface area contributed by atoms with Gasteiger partial charge in [0.25, 0.3) is 0 Å². The number of hydrogen-bond acceptors (Lipinski definition) is 6. The topological polar surface area (TPSA) is 72.2 Å². The molecule has 35 heavy (non-hydrogen) atoms. The van der Waals surface area contributed by atoms with Crippen LogP contribution in [0.15, 0.2) is 72.1 Å². The summed E-state index contributed by atoms with van der Waals surface area (Å²) in [7, 11) is 1.52. The number of allylic oxidation sites excluding steroid dienone is 1. The Morgan fingerprint density at radius 1 is 1.06 bits per heavy atom. The molecule has 0 aliphatic carbocycles. The quantitative estimate of drug-likeness (QED) is 0.178. The second-order valence-electron chi connectivity index (χ2n) is 7.32. The molecule has 4 aromatic rings. The maximum atomic E-state index is 12.3. The van der Waals surface area contributed by atoms with E-state index >= 15 is 0 Å². The summed E-state index contributed by atoms with van der Waals surface area (Å²) in [6, 6.07) is 21.7. The van der Waals surface area contributed by atoms with Crippen molar-refractivity contribution in [3.05, 3.63) is 98.3 Å². The molecule has 1 aromatic heterocycles. The molecule has 4 rings (SSSR count). The van der Waals surface area contributed by atoms with E-state index in [4.69, 9.17) is 32.7 Å². The summed E-state index contributed by atoms with van der Waals surface area (Å²) in [6.45, 7) is -0.115. The van der Waals surface area contributed by atoms with Gasteiger partial charge in [0, 0.05) is 16.5 Å². The van der Waals surface area contributed by atoms with Crippen molar-refractivity contribution in [2.75, 3.05) is 13.7 Å². The third kappa shape index (κ3) is 5.90. The average molecular weight is 521 g/mol. The van der Waals surface area contributed by atoms with E-state index in [2.05, 4.69) is 11.1 Å². The highest BCUT2D eigenvalue weighted by atomic mass is 35.5. The monoisotopic (exact) mass is 520 g/mol. The molecule has 8 heteroatoms. The van der Waals surface area contributed by atoms with Gasteiger partial charge in [-0.25, -0.2) is 4.98 Å². The molecule has 5 nitrogen and oxygen atoms in total. The van der Waals surface area contributed by atoms with Gasteiger partial charge in [-0.1, -0.05) is 65.7 Å². The molecule has 0 amide bonds. The van der Waals surface area contributed by atoms with Crippen LogP contribution in [-0.4, -0.2) is 24.5 Å². The Labute approximate surface area is 216 Å². The Kier molecular flexibility index (Phi) is 7.84. The predicted molar refractivity (Wildman–Crippen MR) is 140 cm³/mol. The molecule has 0 radical (unpaired) electrons. The number of nitrogens with zero attached hydrogens (tertiary/aromatic N) is 2.